The number of nitrogens with zero attached hydrogens (tertiary/aromatic N) is 2. The summed E-state index contributed by atoms with van der Waals surface area (Å²) in [7, 11) is 0. The van der Waals surface area contributed by atoms with Crippen LogP contribution < -0.4 is 9.80 Å². The molecule has 1 spiro atoms. The first-order chi connectivity index (χ1) is 38.8. The molecule has 1 aromatic heterocycles. The van der Waals surface area contributed by atoms with Crippen LogP contribution in [0.3, 0.4) is 0 Å². The zero-order valence-electron chi connectivity index (χ0n) is 46.9. The van der Waals surface area contributed by atoms with Crippen molar-refractivity contribution < 1.29 is 4.42 Å². The second-order valence-electron chi connectivity index (χ2n) is 24.2. The van der Waals surface area contributed by atoms with Gasteiger partial charge in [0.2, 0.25) is 0 Å². The van der Waals surface area contributed by atoms with E-state index in [1.54, 1.807) is 0 Å². The summed E-state index contributed by atoms with van der Waals surface area (Å²) in [6.45, 7) is 18.1. The fraction of sp³-hybridized carbons (Fsp3) is 0.143. The smallest absolute Gasteiger partial charge is 0.145 e. The highest BCUT2D eigenvalue weighted by atomic mass is 16.3. The summed E-state index contributed by atoms with van der Waals surface area (Å²) < 4.78 is 7.48. The molecular formula is C77H64N2O. The first kappa shape index (κ1) is 49.1. The van der Waals surface area contributed by atoms with Crippen molar-refractivity contribution in [3.8, 4) is 44.5 Å². The number of furan rings is 1. The van der Waals surface area contributed by atoms with E-state index in [0.717, 1.165) is 72.8 Å². The minimum Gasteiger partial charge on any atom is -0.455 e. The van der Waals surface area contributed by atoms with E-state index in [-0.39, 0.29) is 10.8 Å². The first-order valence-corrected chi connectivity index (χ1v) is 28.2. The quantitative estimate of drug-likeness (QED) is 0.151. The standard InChI is InChI=1S/C77H64N2O/c1-49-31-43-68(62(45-49)51-21-11-9-12-22-51)78(55-37-33-53(34-38-55)75(3,4)5)57-41-42-60-66(47-57)77(64-28-18-15-25-58(64)59-26-16-19-29-65(59)77)67-48-70(73-61-27-17-20-30-71(61)80-74(73)72(60)67)79(56-39-35-54(36-40-56)76(6,7)8)69-44-32-50(2)46-63(69)52-23-13-10-14-24-52/h9-48H,1-8H3. The van der Waals surface area contributed by atoms with Gasteiger partial charge in [-0.05, 0) is 159 Å². The lowest BCUT2D eigenvalue weighted by Crippen LogP contribution is -2.26. The zero-order chi connectivity index (χ0) is 54.7. The molecule has 12 aromatic rings. The van der Waals surface area contributed by atoms with Crippen LogP contribution in [0.25, 0.3) is 66.4 Å². The molecule has 388 valence electrons. The summed E-state index contributed by atoms with van der Waals surface area (Å²) in [4.78, 5) is 5.02. The van der Waals surface area contributed by atoms with Gasteiger partial charge in [-0.3, -0.25) is 0 Å². The first-order valence-electron chi connectivity index (χ1n) is 28.2. The van der Waals surface area contributed by atoms with Gasteiger partial charge in [-0.2, -0.15) is 0 Å². The number of hydrogen-bond acceptors (Lipinski definition) is 3. The highest BCUT2D eigenvalue weighted by Crippen LogP contribution is 2.66. The minimum atomic E-state index is -0.746. The van der Waals surface area contributed by atoms with Crippen molar-refractivity contribution in [3.05, 3.63) is 287 Å². The fourth-order valence-electron chi connectivity index (χ4n) is 13.2. The third kappa shape index (κ3) is 7.70. The van der Waals surface area contributed by atoms with Crippen molar-refractivity contribution in [1.29, 1.82) is 0 Å². The van der Waals surface area contributed by atoms with Crippen LogP contribution in [0, 0.1) is 13.8 Å². The summed E-state index contributed by atoms with van der Waals surface area (Å²) >= 11 is 0. The van der Waals surface area contributed by atoms with E-state index in [4.69, 9.17) is 4.42 Å². The molecule has 0 amide bonds. The molecule has 0 saturated heterocycles. The van der Waals surface area contributed by atoms with Gasteiger partial charge in [-0.15, -0.1) is 0 Å². The third-order valence-corrected chi connectivity index (χ3v) is 17.1. The summed E-state index contributed by atoms with van der Waals surface area (Å²) in [5.41, 5.74) is 26.9. The van der Waals surface area contributed by atoms with E-state index in [1.807, 2.05) is 0 Å². The van der Waals surface area contributed by atoms with Crippen LogP contribution in [0.15, 0.2) is 247 Å². The van der Waals surface area contributed by atoms with Gasteiger partial charge in [0.15, 0.2) is 0 Å². The van der Waals surface area contributed by atoms with Crippen molar-refractivity contribution in [3.63, 3.8) is 0 Å². The van der Waals surface area contributed by atoms with Crippen LogP contribution in [0.5, 0.6) is 0 Å². The van der Waals surface area contributed by atoms with Gasteiger partial charge < -0.3 is 14.2 Å². The Balaban J connectivity index is 1.11. The van der Waals surface area contributed by atoms with Crippen molar-refractivity contribution >= 4 is 56.1 Å². The van der Waals surface area contributed by atoms with Gasteiger partial charge >= 0.3 is 0 Å². The van der Waals surface area contributed by atoms with E-state index in [9.17, 15) is 0 Å². The molecule has 3 nitrogen and oxygen atoms in total. The Kier molecular flexibility index (Phi) is 11.3. The number of para-hydroxylation sites is 1. The molecule has 1 heterocycles. The molecule has 0 saturated carbocycles. The van der Waals surface area contributed by atoms with E-state index < -0.39 is 5.41 Å². The highest BCUT2D eigenvalue weighted by molar-refractivity contribution is 6.20. The maximum absolute atomic E-state index is 7.48. The molecule has 2 aliphatic rings. The Bertz CT molecular complexity index is 4330. The van der Waals surface area contributed by atoms with Crippen LogP contribution in [-0.4, -0.2) is 0 Å². The molecule has 0 fully saturated rings. The third-order valence-electron chi connectivity index (χ3n) is 17.1. The van der Waals surface area contributed by atoms with Gasteiger partial charge in [0, 0.05) is 39.1 Å². The molecule has 0 atom stereocenters. The van der Waals surface area contributed by atoms with Gasteiger partial charge in [0.05, 0.1) is 27.9 Å². The molecule has 0 aliphatic heterocycles. The van der Waals surface area contributed by atoms with Crippen molar-refractivity contribution in [1.82, 2.24) is 0 Å². The van der Waals surface area contributed by atoms with Crippen molar-refractivity contribution in [2.24, 2.45) is 0 Å². The summed E-state index contributed by atoms with van der Waals surface area (Å²) in [5, 5.41) is 2.16. The molecular weight excluding hydrogens is 969 g/mol. The molecule has 80 heavy (non-hydrogen) atoms. The number of benzene rings is 11. The Labute approximate surface area is 471 Å². The Morgan fingerprint density at radius 1 is 0.350 bits per heavy atom. The zero-order valence-corrected chi connectivity index (χ0v) is 46.9. The maximum Gasteiger partial charge on any atom is 0.145 e. The average molecular weight is 1030 g/mol. The number of anilines is 6. The molecule has 0 unspecified atom stereocenters. The number of rotatable bonds is 8. The van der Waals surface area contributed by atoms with Gasteiger partial charge in [-0.1, -0.05) is 223 Å². The molecule has 3 heteroatoms. The van der Waals surface area contributed by atoms with Gasteiger partial charge in [0.1, 0.15) is 11.2 Å². The van der Waals surface area contributed by atoms with Crippen LogP contribution in [-0.2, 0) is 16.2 Å². The van der Waals surface area contributed by atoms with Gasteiger partial charge in [-0.25, -0.2) is 0 Å². The lowest BCUT2D eigenvalue weighted by atomic mass is 9.70. The predicted molar refractivity (Wildman–Crippen MR) is 337 cm³/mol. The van der Waals surface area contributed by atoms with E-state index >= 15 is 0 Å². The molecule has 0 N–H and O–H groups in total. The second kappa shape index (κ2) is 18.5. The topological polar surface area (TPSA) is 19.6 Å². The largest absolute Gasteiger partial charge is 0.455 e. The average Bonchev–Trinajstić information content (AvgIpc) is 4.21. The molecule has 14 rings (SSSR count). The number of aryl methyl sites for hydroxylation is 2. The molecule has 0 radical (unpaired) electrons. The Hall–Kier alpha value is -9.18. The SMILES string of the molecule is Cc1ccc(N(c2ccc(C(C)(C)C)cc2)c2ccc3c(c2)C2(c4ccccc4-c4ccccc42)c2cc(N(c4ccc(C(C)(C)C)cc4)c4ccc(C)cc4-c4ccccc4)c4c(oc5ccccc54)c2-3)c(-c2ccccc2)c1. The number of fused-ring (bicyclic) bond motifs is 14. The number of hydrogen-bond donors (Lipinski definition) is 0. The van der Waals surface area contributed by atoms with Crippen molar-refractivity contribution in [2.75, 3.05) is 9.80 Å². The molecule has 11 aromatic carbocycles. The normalized spacial score (nSPS) is 13.1. The van der Waals surface area contributed by atoms with Crippen LogP contribution >= 0.6 is 0 Å². The molecule has 0 bridgehead atoms. The minimum absolute atomic E-state index is 0.00767. The van der Waals surface area contributed by atoms with Gasteiger partial charge in [0.25, 0.3) is 0 Å². The van der Waals surface area contributed by atoms with Crippen molar-refractivity contribution in [2.45, 2.75) is 71.6 Å². The Morgan fingerprint density at radius 2 is 0.825 bits per heavy atom. The second-order valence-corrected chi connectivity index (χ2v) is 24.2. The molecule has 2 aliphatic carbocycles. The van der Waals surface area contributed by atoms with Crippen LogP contribution in [0.1, 0.15) is 86.1 Å². The fourth-order valence-corrected chi connectivity index (χ4v) is 13.2. The maximum atomic E-state index is 7.48. The lowest BCUT2D eigenvalue weighted by Gasteiger charge is -2.34. The summed E-state index contributed by atoms with van der Waals surface area (Å²) in [6, 6.07) is 90.9. The summed E-state index contributed by atoms with van der Waals surface area (Å²) in [6.07, 6.45) is 0. The van der Waals surface area contributed by atoms with E-state index in [1.165, 1.54) is 72.3 Å². The predicted octanol–water partition coefficient (Wildman–Crippen LogP) is 21.4. The summed E-state index contributed by atoms with van der Waals surface area (Å²) in [5.74, 6) is 0. The van der Waals surface area contributed by atoms with Crippen LogP contribution in [0.4, 0.5) is 34.1 Å². The van der Waals surface area contributed by atoms with E-state index in [0.29, 0.717) is 0 Å². The highest BCUT2D eigenvalue weighted by Gasteiger charge is 2.53. The van der Waals surface area contributed by atoms with Crippen LogP contribution in [0.2, 0.25) is 0 Å². The lowest BCUT2D eigenvalue weighted by molar-refractivity contribution is 0.590. The Morgan fingerprint density at radius 3 is 1.38 bits per heavy atom. The van der Waals surface area contributed by atoms with E-state index in [2.05, 4.69) is 308 Å². The monoisotopic (exact) mass is 1030 g/mol.